The SMILES string of the molecule is C=C/C(=C\C=C/C)C1CCCC(=S)NC1. The van der Waals surface area contributed by atoms with Gasteiger partial charge in [0.15, 0.2) is 0 Å². The van der Waals surface area contributed by atoms with Crippen molar-refractivity contribution in [3.05, 3.63) is 36.5 Å². The van der Waals surface area contributed by atoms with Crippen LogP contribution in [0.3, 0.4) is 0 Å². The highest BCUT2D eigenvalue weighted by Gasteiger charge is 2.15. The summed E-state index contributed by atoms with van der Waals surface area (Å²) in [6, 6.07) is 0. The Kier molecular flexibility index (Phi) is 5.33. The Hall–Kier alpha value is -0.890. The molecule has 0 aromatic heterocycles. The maximum absolute atomic E-state index is 5.19. The van der Waals surface area contributed by atoms with Gasteiger partial charge in [-0.25, -0.2) is 0 Å². The molecule has 1 unspecified atom stereocenters. The summed E-state index contributed by atoms with van der Waals surface area (Å²) in [5, 5.41) is 3.30. The first kappa shape index (κ1) is 12.2. The highest BCUT2D eigenvalue weighted by atomic mass is 32.1. The highest BCUT2D eigenvalue weighted by Crippen LogP contribution is 2.21. The quantitative estimate of drug-likeness (QED) is 0.579. The van der Waals surface area contributed by atoms with Crippen LogP contribution >= 0.6 is 12.2 Å². The Bertz CT molecular complexity index is 289. The number of rotatable bonds is 3. The smallest absolute Gasteiger partial charge is 0.0753 e. The standard InChI is InChI=1S/C13H19NS/c1-3-5-7-11(4-2)12-8-6-9-13(15)14-10-12/h3-5,7,12H,2,6,8-10H2,1H3,(H,14,15)/b5-3-,11-7+. The molecule has 1 rings (SSSR count). The maximum atomic E-state index is 5.19. The van der Waals surface area contributed by atoms with Gasteiger partial charge in [-0.15, -0.1) is 0 Å². The minimum absolute atomic E-state index is 0.555. The van der Waals surface area contributed by atoms with Crippen molar-refractivity contribution in [3.63, 3.8) is 0 Å². The van der Waals surface area contributed by atoms with Gasteiger partial charge in [0.25, 0.3) is 0 Å². The van der Waals surface area contributed by atoms with E-state index in [0.717, 1.165) is 18.0 Å². The largest absolute Gasteiger partial charge is 0.379 e. The summed E-state index contributed by atoms with van der Waals surface area (Å²) in [5.74, 6) is 0.555. The van der Waals surface area contributed by atoms with Crippen LogP contribution in [-0.2, 0) is 0 Å². The lowest BCUT2D eigenvalue weighted by Crippen LogP contribution is -2.25. The lowest BCUT2D eigenvalue weighted by molar-refractivity contribution is 0.565. The molecule has 1 aliphatic rings. The van der Waals surface area contributed by atoms with Crippen molar-refractivity contribution in [3.8, 4) is 0 Å². The average Bonchev–Trinajstić information content (AvgIpc) is 2.45. The van der Waals surface area contributed by atoms with Crippen LogP contribution in [0.5, 0.6) is 0 Å². The van der Waals surface area contributed by atoms with Gasteiger partial charge in [0.05, 0.1) is 4.99 Å². The summed E-state index contributed by atoms with van der Waals surface area (Å²) in [4.78, 5) is 1.01. The normalized spacial score (nSPS) is 23.7. The zero-order valence-electron chi connectivity index (χ0n) is 9.33. The third kappa shape index (κ3) is 4.00. The monoisotopic (exact) mass is 221 g/mol. The molecule has 15 heavy (non-hydrogen) atoms. The highest BCUT2D eigenvalue weighted by molar-refractivity contribution is 7.80. The molecule has 1 saturated heterocycles. The topological polar surface area (TPSA) is 12.0 Å². The third-order valence-corrected chi connectivity index (χ3v) is 3.04. The van der Waals surface area contributed by atoms with Gasteiger partial charge in [-0.1, -0.05) is 43.1 Å². The van der Waals surface area contributed by atoms with E-state index >= 15 is 0 Å². The molecule has 2 heteroatoms. The van der Waals surface area contributed by atoms with Crippen molar-refractivity contribution in [2.75, 3.05) is 6.54 Å². The van der Waals surface area contributed by atoms with Gasteiger partial charge in [-0.2, -0.15) is 0 Å². The van der Waals surface area contributed by atoms with Gasteiger partial charge in [0, 0.05) is 12.5 Å². The Balaban J connectivity index is 2.67. The number of thiocarbonyl (C=S) groups is 1. The van der Waals surface area contributed by atoms with Gasteiger partial charge in [0.2, 0.25) is 0 Å². The first-order valence-electron chi connectivity index (χ1n) is 5.50. The predicted molar refractivity (Wildman–Crippen MR) is 71.0 cm³/mol. The molecule has 1 fully saturated rings. The molecule has 1 aliphatic heterocycles. The summed E-state index contributed by atoms with van der Waals surface area (Å²) in [5.41, 5.74) is 1.31. The average molecular weight is 221 g/mol. The second-order valence-corrected chi connectivity index (χ2v) is 4.28. The molecule has 0 aliphatic carbocycles. The molecule has 1 N–H and O–H groups in total. The van der Waals surface area contributed by atoms with Crippen molar-refractivity contribution in [1.82, 2.24) is 5.32 Å². The minimum Gasteiger partial charge on any atom is -0.379 e. The molecule has 0 saturated carbocycles. The summed E-state index contributed by atoms with van der Waals surface area (Å²) < 4.78 is 0. The van der Waals surface area contributed by atoms with E-state index in [1.54, 1.807) is 0 Å². The van der Waals surface area contributed by atoms with E-state index in [1.165, 1.54) is 18.4 Å². The molecule has 0 amide bonds. The molecule has 82 valence electrons. The van der Waals surface area contributed by atoms with Crippen LogP contribution in [0.2, 0.25) is 0 Å². The molecule has 0 aromatic carbocycles. The fourth-order valence-electron chi connectivity index (χ4n) is 1.80. The Morgan fingerprint density at radius 2 is 2.40 bits per heavy atom. The summed E-state index contributed by atoms with van der Waals surface area (Å²) in [6.07, 6.45) is 11.6. The number of hydrogen-bond donors (Lipinski definition) is 1. The zero-order chi connectivity index (χ0) is 11.1. The number of nitrogens with one attached hydrogen (secondary N) is 1. The maximum Gasteiger partial charge on any atom is 0.0753 e. The Morgan fingerprint density at radius 1 is 1.60 bits per heavy atom. The first-order valence-corrected chi connectivity index (χ1v) is 5.90. The van der Waals surface area contributed by atoms with Crippen LogP contribution < -0.4 is 5.32 Å². The summed E-state index contributed by atoms with van der Waals surface area (Å²) in [7, 11) is 0. The molecule has 0 spiro atoms. The molecule has 1 atom stereocenters. The molecule has 0 bridgehead atoms. The molecule has 0 aromatic rings. The molecular weight excluding hydrogens is 202 g/mol. The van der Waals surface area contributed by atoms with Crippen molar-refractivity contribution in [2.45, 2.75) is 26.2 Å². The van der Waals surface area contributed by atoms with Crippen LogP contribution in [0, 0.1) is 5.92 Å². The number of allylic oxidation sites excluding steroid dienone is 4. The molecule has 0 radical (unpaired) electrons. The van der Waals surface area contributed by atoms with Crippen LogP contribution in [0.4, 0.5) is 0 Å². The molecule has 1 nitrogen and oxygen atoms in total. The fourth-order valence-corrected chi connectivity index (χ4v) is 2.03. The van der Waals surface area contributed by atoms with Crippen molar-refractivity contribution in [2.24, 2.45) is 5.92 Å². The number of hydrogen-bond acceptors (Lipinski definition) is 1. The van der Waals surface area contributed by atoms with E-state index < -0.39 is 0 Å². The van der Waals surface area contributed by atoms with E-state index in [9.17, 15) is 0 Å². The zero-order valence-corrected chi connectivity index (χ0v) is 10.1. The van der Waals surface area contributed by atoms with Gasteiger partial charge in [0.1, 0.15) is 0 Å². The van der Waals surface area contributed by atoms with E-state index in [-0.39, 0.29) is 0 Å². The molecule has 1 heterocycles. The van der Waals surface area contributed by atoms with E-state index in [1.807, 2.05) is 19.1 Å². The molecular formula is C13H19NS. The van der Waals surface area contributed by atoms with Crippen LogP contribution in [0.1, 0.15) is 26.2 Å². The van der Waals surface area contributed by atoms with Gasteiger partial charge in [-0.3, -0.25) is 0 Å². The van der Waals surface area contributed by atoms with Gasteiger partial charge < -0.3 is 5.32 Å². The van der Waals surface area contributed by atoms with E-state index in [2.05, 4.69) is 24.0 Å². The first-order chi connectivity index (χ1) is 7.27. The fraction of sp³-hybridized carbons (Fsp3) is 0.462. The lowest BCUT2D eigenvalue weighted by Gasteiger charge is -2.15. The second kappa shape index (κ2) is 6.57. The van der Waals surface area contributed by atoms with E-state index in [0.29, 0.717) is 5.92 Å². The summed E-state index contributed by atoms with van der Waals surface area (Å²) >= 11 is 5.19. The Labute approximate surface area is 98.0 Å². The summed E-state index contributed by atoms with van der Waals surface area (Å²) in [6.45, 7) is 6.85. The lowest BCUT2D eigenvalue weighted by atomic mass is 9.94. The van der Waals surface area contributed by atoms with Gasteiger partial charge in [-0.05, 0) is 31.8 Å². The van der Waals surface area contributed by atoms with Crippen LogP contribution in [-0.4, -0.2) is 11.5 Å². The third-order valence-electron chi connectivity index (χ3n) is 2.69. The minimum atomic E-state index is 0.555. The van der Waals surface area contributed by atoms with Crippen molar-refractivity contribution >= 4 is 17.2 Å². The van der Waals surface area contributed by atoms with Crippen molar-refractivity contribution < 1.29 is 0 Å². The van der Waals surface area contributed by atoms with Gasteiger partial charge >= 0.3 is 0 Å². The predicted octanol–water partition coefficient (Wildman–Crippen LogP) is 3.39. The van der Waals surface area contributed by atoms with Crippen LogP contribution in [0.25, 0.3) is 0 Å². The second-order valence-electron chi connectivity index (χ2n) is 3.79. The van der Waals surface area contributed by atoms with E-state index in [4.69, 9.17) is 12.2 Å². The van der Waals surface area contributed by atoms with Crippen molar-refractivity contribution in [1.29, 1.82) is 0 Å². The van der Waals surface area contributed by atoms with Crippen LogP contribution in [0.15, 0.2) is 36.5 Å². The Morgan fingerprint density at radius 3 is 3.07 bits per heavy atom.